The first kappa shape index (κ1) is 8.90. The van der Waals surface area contributed by atoms with Crippen molar-refractivity contribution in [2.45, 2.75) is 6.04 Å². The molecule has 0 aromatic rings. The van der Waals surface area contributed by atoms with E-state index < -0.39 is 12.0 Å². The SMILES string of the molecule is CN(C=O)C(CN)C(=O)O. The van der Waals surface area contributed by atoms with E-state index in [4.69, 9.17) is 10.8 Å². The number of carboxylic acids is 1. The normalized spacial score (nSPS) is 12.2. The maximum atomic E-state index is 10.3. The molecule has 0 aliphatic heterocycles. The molecule has 58 valence electrons. The maximum Gasteiger partial charge on any atom is 0.327 e. The molecule has 0 fully saturated rings. The van der Waals surface area contributed by atoms with E-state index in [1.165, 1.54) is 7.05 Å². The Morgan fingerprint density at radius 3 is 2.50 bits per heavy atom. The quantitative estimate of drug-likeness (QED) is 0.472. The Hall–Kier alpha value is -1.10. The molecule has 0 radical (unpaired) electrons. The van der Waals surface area contributed by atoms with E-state index in [9.17, 15) is 9.59 Å². The molecule has 1 atom stereocenters. The summed E-state index contributed by atoms with van der Waals surface area (Å²) in [5.41, 5.74) is 5.07. The molecular weight excluding hydrogens is 136 g/mol. The van der Waals surface area contributed by atoms with Crippen LogP contribution in [0.25, 0.3) is 0 Å². The lowest BCUT2D eigenvalue weighted by Gasteiger charge is -2.17. The van der Waals surface area contributed by atoms with Gasteiger partial charge < -0.3 is 15.7 Å². The van der Waals surface area contributed by atoms with Gasteiger partial charge in [-0.15, -0.1) is 0 Å². The van der Waals surface area contributed by atoms with E-state index in [0.717, 1.165) is 4.90 Å². The zero-order chi connectivity index (χ0) is 8.15. The maximum absolute atomic E-state index is 10.3. The van der Waals surface area contributed by atoms with Gasteiger partial charge >= 0.3 is 5.97 Å². The third-order valence-corrected chi connectivity index (χ3v) is 1.17. The van der Waals surface area contributed by atoms with Gasteiger partial charge in [0.1, 0.15) is 6.04 Å². The van der Waals surface area contributed by atoms with Crippen LogP contribution in [0.4, 0.5) is 0 Å². The summed E-state index contributed by atoms with van der Waals surface area (Å²) in [6, 6.07) is -0.905. The first-order valence-corrected chi connectivity index (χ1v) is 2.73. The van der Waals surface area contributed by atoms with Crippen LogP contribution in [-0.4, -0.2) is 42.0 Å². The van der Waals surface area contributed by atoms with Gasteiger partial charge in [-0.2, -0.15) is 0 Å². The largest absolute Gasteiger partial charge is 0.480 e. The molecule has 5 heteroatoms. The van der Waals surface area contributed by atoms with Gasteiger partial charge in [-0.1, -0.05) is 0 Å². The Balaban J connectivity index is 4.05. The molecule has 0 aliphatic carbocycles. The Morgan fingerprint density at radius 1 is 1.90 bits per heavy atom. The first-order valence-electron chi connectivity index (χ1n) is 2.73. The molecule has 10 heavy (non-hydrogen) atoms. The first-order chi connectivity index (χ1) is 4.63. The molecule has 0 rings (SSSR count). The fourth-order valence-corrected chi connectivity index (χ4v) is 0.515. The number of carboxylic acid groups (broad SMARTS) is 1. The van der Waals surface area contributed by atoms with Gasteiger partial charge in [0.05, 0.1) is 0 Å². The van der Waals surface area contributed by atoms with E-state index in [2.05, 4.69) is 0 Å². The van der Waals surface area contributed by atoms with Crippen molar-refractivity contribution in [2.24, 2.45) is 5.73 Å². The molecule has 0 aliphatic rings. The molecule has 1 amide bonds. The van der Waals surface area contributed by atoms with Crippen LogP contribution in [0.5, 0.6) is 0 Å². The van der Waals surface area contributed by atoms with E-state index in [1.807, 2.05) is 0 Å². The number of hydrogen-bond donors (Lipinski definition) is 2. The summed E-state index contributed by atoms with van der Waals surface area (Å²) in [5.74, 6) is -1.09. The lowest BCUT2D eigenvalue weighted by molar-refractivity contribution is -0.145. The van der Waals surface area contributed by atoms with Gasteiger partial charge in [0.25, 0.3) is 0 Å². The molecule has 3 N–H and O–H groups in total. The van der Waals surface area contributed by atoms with Gasteiger partial charge in [-0.05, 0) is 0 Å². The lowest BCUT2D eigenvalue weighted by atomic mass is 10.3. The van der Waals surface area contributed by atoms with Crippen LogP contribution in [-0.2, 0) is 9.59 Å². The summed E-state index contributed by atoms with van der Waals surface area (Å²) in [6.45, 7) is -0.0649. The van der Waals surface area contributed by atoms with E-state index in [0.29, 0.717) is 6.41 Å². The van der Waals surface area contributed by atoms with Crippen LogP contribution in [0, 0.1) is 0 Å². The molecular formula is C5H10N2O3. The molecule has 0 aromatic carbocycles. The smallest absolute Gasteiger partial charge is 0.327 e. The Morgan fingerprint density at radius 2 is 2.40 bits per heavy atom. The van der Waals surface area contributed by atoms with Crippen molar-refractivity contribution in [3.8, 4) is 0 Å². The molecule has 0 saturated carbocycles. The number of hydrogen-bond acceptors (Lipinski definition) is 3. The highest BCUT2D eigenvalue weighted by atomic mass is 16.4. The van der Waals surface area contributed by atoms with Crippen molar-refractivity contribution in [1.82, 2.24) is 4.90 Å². The van der Waals surface area contributed by atoms with Crippen LogP contribution in [0.1, 0.15) is 0 Å². The van der Waals surface area contributed by atoms with Crippen LogP contribution in [0.15, 0.2) is 0 Å². The minimum Gasteiger partial charge on any atom is -0.480 e. The Kier molecular flexibility index (Phi) is 3.42. The zero-order valence-electron chi connectivity index (χ0n) is 5.65. The molecule has 1 unspecified atom stereocenters. The van der Waals surface area contributed by atoms with Crippen molar-refractivity contribution in [2.75, 3.05) is 13.6 Å². The van der Waals surface area contributed by atoms with Gasteiger partial charge in [-0.25, -0.2) is 4.79 Å². The highest BCUT2D eigenvalue weighted by molar-refractivity contribution is 5.76. The van der Waals surface area contributed by atoms with Gasteiger partial charge in [0.15, 0.2) is 0 Å². The van der Waals surface area contributed by atoms with E-state index in [1.54, 1.807) is 0 Å². The van der Waals surface area contributed by atoms with Crippen molar-refractivity contribution in [3.05, 3.63) is 0 Å². The molecule has 0 bridgehead atoms. The predicted octanol–water partition coefficient (Wildman–Crippen LogP) is -1.51. The van der Waals surface area contributed by atoms with Crippen molar-refractivity contribution >= 4 is 12.4 Å². The molecule has 0 heterocycles. The minimum absolute atomic E-state index is 0.0649. The monoisotopic (exact) mass is 146 g/mol. The fraction of sp³-hybridized carbons (Fsp3) is 0.600. The number of nitrogens with zero attached hydrogens (tertiary/aromatic N) is 1. The third kappa shape index (κ3) is 2.02. The summed E-state index contributed by atoms with van der Waals surface area (Å²) in [7, 11) is 1.37. The van der Waals surface area contributed by atoms with Crippen molar-refractivity contribution in [1.29, 1.82) is 0 Å². The third-order valence-electron chi connectivity index (χ3n) is 1.17. The predicted molar refractivity (Wildman–Crippen MR) is 34.3 cm³/mol. The fourth-order valence-electron chi connectivity index (χ4n) is 0.515. The van der Waals surface area contributed by atoms with Gasteiger partial charge in [0, 0.05) is 13.6 Å². The standard InChI is InChI=1S/C5H10N2O3/c1-7(3-8)4(2-6)5(9)10/h3-4H,2,6H2,1H3,(H,9,10). The van der Waals surface area contributed by atoms with Crippen LogP contribution in [0.2, 0.25) is 0 Å². The highest BCUT2D eigenvalue weighted by Gasteiger charge is 2.18. The second-order valence-electron chi connectivity index (χ2n) is 1.86. The summed E-state index contributed by atoms with van der Waals surface area (Å²) < 4.78 is 0. The topological polar surface area (TPSA) is 83.6 Å². The van der Waals surface area contributed by atoms with Crippen molar-refractivity contribution in [3.63, 3.8) is 0 Å². The summed E-state index contributed by atoms with van der Waals surface area (Å²) >= 11 is 0. The summed E-state index contributed by atoms with van der Waals surface area (Å²) in [6.07, 6.45) is 0.436. The number of carbonyl (C=O) groups is 2. The minimum atomic E-state index is -1.09. The number of carbonyl (C=O) groups excluding carboxylic acids is 1. The highest BCUT2D eigenvalue weighted by Crippen LogP contribution is 1.89. The number of likely N-dealkylation sites (N-methyl/N-ethyl adjacent to an activating group) is 1. The number of rotatable bonds is 4. The summed E-state index contributed by atoms with van der Waals surface area (Å²) in [4.78, 5) is 21.3. The lowest BCUT2D eigenvalue weighted by Crippen LogP contribution is -2.43. The summed E-state index contributed by atoms with van der Waals surface area (Å²) in [5, 5.41) is 8.39. The van der Waals surface area contributed by atoms with Gasteiger partial charge in [-0.3, -0.25) is 4.79 Å². The number of amides is 1. The molecule has 0 spiro atoms. The van der Waals surface area contributed by atoms with Crippen LogP contribution >= 0.6 is 0 Å². The van der Waals surface area contributed by atoms with Crippen LogP contribution < -0.4 is 5.73 Å². The molecule has 5 nitrogen and oxygen atoms in total. The second kappa shape index (κ2) is 3.84. The molecule has 0 aromatic heterocycles. The van der Waals surface area contributed by atoms with E-state index in [-0.39, 0.29) is 6.54 Å². The number of aliphatic carboxylic acids is 1. The number of nitrogens with two attached hydrogens (primary N) is 1. The van der Waals surface area contributed by atoms with Crippen molar-refractivity contribution < 1.29 is 14.7 Å². The molecule has 0 saturated heterocycles. The zero-order valence-corrected chi connectivity index (χ0v) is 5.65. The van der Waals surface area contributed by atoms with Crippen LogP contribution in [0.3, 0.4) is 0 Å². The average Bonchev–Trinajstić information content (AvgIpc) is 1.88. The Labute approximate surface area is 58.4 Å². The van der Waals surface area contributed by atoms with E-state index >= 15 is 0 Å². The Bertz CT molecular complexity index is 137. The van der Waals surface area contributed by atoms with Gasteiger partial charge in [0.2, 0.25) is 6.41 Å². The second-order valence-corrected chi connectivity index (χ2v) is 1.86. The average molecular weight is 146 g/mol.